The van der Waals surface area contributed by atoms with E-state index in [0.717, 1.165) is 26.1 Å². The Labute approximate surface area is 192 Å². The highest BCUT2D eigenvalue weighted by Crippen LogP contribution is 2.32. The third-order valence-electron chi connectivity index (χ3n) is 5.60. The number of amides is 2. The quantitative estimate of drug-likeness (QED) is 0.374. The van der Waals surface area contributed by atoms with Crippen LogP contribution in [0, 0.1) is 5.41 Å². The molecule has 4 aromatic rings. The van der Waals surface area contributed by atoms with Crippen molar-refractivity contribution in [2.24, 2.45) is 5.41 Å². The van der Waals surface area contributed by atoms with Gasteiger partial charge in [-0.05, 0) is 35.6 Å². The highest BCUT2D eigenvalue weighted by Gasteiger charge is 2.41. The smallest absolute Gasteiger partial charge is 0.236 e. The van der Waals surface area contributed by atoms with E-state index in [9.17, 15) is 9.59 Å². The Morgan fingerprint density at radius 1 is 0.750 bits per heavy atom. The van der Waals surface area contributed by atoms with Gasteiger partial charge < -0.3 is 10.6 Å². The lowest BCUT2D eigenvalue weighted by Gasteiger charge is -2.27. The fourth-order valence-corrected chi connectivity index (χ4v) is 4.90. The molecule has 2 amide bonds. The largest absolute Gasteiger partial charge is 0.351 e. The predicted octanol–water partition coefficient (Wildman–Crippen LogP) is 5.08. The number of hydrogen-bond donors (Lipinski definition) is 2. The molecule has 0 radical (unpaired) electrons. The van der Waals surface area contributed by atoms with Gasteiger partial charge in [0.1, 0.15) is 5.41 Å². The number of carbonyl (C=O) groups excluding carboxylic acids is 2. The maximum Gasteiger partial charge on any atom is 0.236 e. The maximum absolute atomic E-state index is 13.3. The summed E-state index contributed by atoms with van der Waals surface area (Å²) in [5.74, 6) is -0.547. The number of carbonyl (C=O) groups is 2. The van der Waals surface area contributed by atoms with Crippen molar-refractivity contribution < 1.29 is 9.59 Å². The molecular weight excluding hydrogens is 416 g/mol. The molecule has 2 N–H and O–H groups in total. The van der Waals surface area contributed by atoms with E-state index >= 15 is 0 Å². The van der Waals surface area contributed by atoms with Crippen LogP contribution < -0.4 is 10.6 Å². The van der Waals surface area contributed by atoms with Crippen molar-refractivity contribution in [2.45, 2.75) is 26.4 Å². The molecule has 3 aromatic carbocycles. The first-order chi connectivity index (χ1) is 15.5. The summed E-state index contributed by atoms with van der Waals surface area (Å²) >= 11 is 1.63. The van der Waals surface area contributed by atoms with Crippen LogP contribution in [-0.4, -0.2) is 11.8 Å². The van der Waals surface area contributed by atoms with E-state index in [0.29, 0.717) is 19.5 Å². The summed E-state index contributed by atoms with van der Waals surface area (Å²) in [6.07, 6.45) is 0.341. The van der Waals surface area contributed by atoms with Crippen molar-refractivity contribution in [2.75, 3.05) is 0 Å². The zero-order valence-corrected chi connectivity index (χ0v) is 18.8. The molecule has 0 fully saturated rings. The first kappa shape index (κ1) is 21.8. The van der Waals surface area contributed by atoms with Crippen LogP contribution in [0.3, 0.4) is 0 Å². The first-order valence-electron chi connectivity index (χ1n) is 10.7. The minimum Gasteiger partial charge on any atom is -0.351 e. The summed E-state index contributed by atoms with van der Waals surface area (Å²) < 4.78 is 1.15. The molecule has 5 heteroatoms. The zero-order valence-electron chi connectivity index (χ0n) is 18.0. The monoisotopic (exact) mass is 442 g/mol. The Morgan fingerprint density at radius 2 is 1.25 bits per heavy atom. The van der Waals surface area contributed by atoms with Crippen molar-refractivity contribution in [1.82, 2.24) is 10.6 Å². The summed E-state index contributed by atoms with van der Waals surface area (Å²) in [5, 5.41) is 7.08. The number of hydrogen-bond acceptors (Lipinski definition) is 3. The van der Waals surface area contributed by atoms with Crippen molar-refractivity contribution in [1.29, 1.82) is 0 Å². The SMILES string of the molecule is CC(Cc1cc2ccccc2s1)(C(=O)NCc1ccccc1)C(=O)NCc1ccccc1. The van der Waals surface area contributed by atoms with Gasteiger partial charge in [0.05, 0.1) is 0 Å². The van der Waals surface area contributed by atoms with Crippen LogP contribution in [0.4, 0.5) is 0 Å². The molecule has 1 heterocycles. The molecule has 32 heavy (non-hydrogen) atoms. The number of nitrogens with one attached hydrogen (secondary N) is 2. The molecular formula is C27H26N2O2S. The average Bonchev–Trinajstić information content (AvgIpc) is 3.24. The van der Waals surface area contributed by atoms with Gasteiger partial charge in [0.15, 0.2) is 0 Å². The molecule has 0 unspecified atom stereocenters. The van der Waals surface area contributed by atoms with Crippen molar-refractivity contribution in [3.05, 3.63) is 107 Å². The van der Waals surface area contributed by atoms with E-state index in [2.05, 4.69) is 28.8 Å². The van der Waals surface area contributed by atoms with Gasteiger partial charge in [-0.2, -0.15) is 0 Å². The Bertz CT molecular complexity index is 1110. The van der Waals surface area contributed by atoms with E-state index in [-0.39, 0.29) is 11.8 Å². The maximum atomic E-state index is 13.3. The minimum absolute atomic E-state index is 0.274. The molecule has 0 aliphatic heterocycles. The Kier molecular flexibility index (Phi) is 6.66. The van der Waals surface area contributed by atoms with E-state index in [4.69, 9.17) is 0 Å². The number of fused-ring (bicyclic) bond motifs is 1. The minimum atomic E-state index is -1.23. The highest BCUT2D eigenvalue weighted by atomic mass is 32.1. The van der Waals surface area contributed by atoms with E-state index in [1.54, 1.807) is 18.3 Å². The molecule has 0 spiro atoms. The second kappa shape index (κ2) is 9.79. The van der Waals surface area contributed by atoms with Crippen molar-refractivity contribution >= 4 is 33.2 Å². The molecule has 4 nitrogen and oxygen atoms in total. The molecule has 1 aromatic heterocycles. The second-order valence-corrected chi connectivity index (χ2v) is 9.26. The lowest BCUT2D eigenvalue weighted by molar-refractivity contribution is -0.142. The fraction of sp³-hybridized carbons (Fsp3) is 0.185. The Balaban J connectivity index is 1.55. The van der Waals surface area contributed by atoms with Gasteiger partial charge in [-0.3, -0.25) is 9.59 Å². The standard InChI is InChI=1S/C27H26N2O2S/c1-27(25(30)28-18-20-10-4-2-5-11-20,26(31)29-19-21-12-6-3-7-13-21)17-23-16-22-14-8-9-15-24(22)32-23/h2-16H,17-19H2,1H3,(H,28,30)(H,29,31). The molecule has 0 saturated carbocycles. The summed E-state index contributed by atoms with van der Waals surface area (Å²) in [6, 6.07) is 29.6. The van der Waals surface area contributed by atoms with Crippen LogP contribution >= 0.6 is 11.3 Å². The summed E-state index contributed by atoms with van der Waals surface area (Å²) in [7, 11) is 0. The predicted molar refractivity (Wildman–Crippen MR) is 130 cm³/mol. The summed E-state index contributed by atoms with van der Waals surface area (Å²) in [6.45, 7) is 2.50. The van der Waals surface area contributed by atoms with Crippen LogP contribution in [0.5, 0.6) is 0 Å². The molecule has 162 valence electrons. The number of benzene rings is 3. The average molecular weight is 443 g/mol. The molecule has 0 aliphatic rings. The van der Waals surface area contributed by atoms with Gasteiger partial charge in [-0.15, -0.1) is 11.3 Å². The van der Waals surface area contributed by atoms with Gasteiger partial charge in [0.25, 0.3) is 0 Å². The summed E-state index contributed by atoms with van der Waals surface area (Å²) in [5.41, 5.74) is 0.759. The first-order valence-corrected chi connectivity index (χ1v) is 11.5. The fourth-order valence-electron chi connectivity index (χ4n) is 3.68. The molecule has 0 atom stereocenters. The normalized spacial score (nSPS) is 11.3. The molecule has 4 rings (SSSR count). The van der Waals surface area contributed by atoms with Crippen LogP contribution in [0.1, 0.15) is 22.9 Å². The summed E-state index contributed by atoms with van der Waals surface area (Å²) in [4.78, 5) is 27.7. The number of rotatable bonds is 8. The van der Waals surface area contributed by atoms with Crippen LogP contribution in [0.25, 0.3) is 10.1 Å². The van der Waals surface area contributed by atoms with Gasteiger partial charge in [-0.25, -0.2) is 0 Å². The van der Waals surface area contributed by atoms with Gasteiger partial charge in [0, 0.05) is 29.1 Å². The Hall–Kier alpha value is -3.44. The molecule has 0 saturated heterocycles. The lowest BCUT2D eigenvalue weighted by atomic mass is 9.83. The lowest BCUT2D eigenvalue weighted by Crippen LogP contribution is -2.50. The second-order valence-electron chi connectivity index (χ2n) is 8.10. The topological polar surface area (TPSA) is 58.2 Å². The zero-order chi connectivity index (χ0) is 22.4. The third-order valence-corrected chi connectivity index (χ3v) is 6.71. The van der Waals surface area contributed by atoms with Gasteiger partial charge in [0.2, 0.25) is 11.8 Å². The molecule has 0 bridgehead atoms. The van der Waals surface area contributed by atoms with Crippen LogP contribution in [-0.2, 0) is 29.1 Å². The van der Waals surface area contributed by atoms with E-state index < -0.39 is 5.41 Å². The molecule has 0 aliphatic carbocycles. The van der Waals surface area contributed by atoms with Crippen LogP contribution in [0.2, 0.25) is 0 Å². The highest BCUT2D eigenvalue weighted by molar-refractivity contribution is 7.19. The third kappa shape index (κ3) is 5.06. The van der Waals surface area contributed by atoms with Gasteiger partial charge in [-0.1, -0.05) is 78.9 Å². The van der Waals surface area contributed by atoms with Gasteiger partial charge >= 0.3 is 0 Å². The van der Waals surface area contributed by atoms with E-state index in [1.807, 2.05) is 72.8 Å². The number of thiophene rings is 1. The Morgan fingerprint density at radius 3 is 1.78 bits per heavy atom. The van der Waals surface area contributed by atoms with Crippen molar-refractivity contribution in [3.63, 3.8) is 0 Å². The van der Waals surface area contributed by atoms with Crippen LogP contribution in [0.15, 0.2) is 91.0 Å². The van der Waals surface area contributed by atoms with E-state index in [1.165, 1.54) is 0 Å². The van der Waals surface area contributed by atoms with Crippen molar-refractivity contribution in [3.8, 4) is 0 Å².